The first-order valence-corrected chi connectivity index (χ1v) is 8.57. The van der Waals surface area contributed by atoms with Crippen molar-refractivity contribution in [3.8, 4) is 11.8 Å². The minimum Gasteiger partial charge on any atom is -0.497 e. The van der Waals surface area contributed by atoms with Crippen molar-refractivity contribution in [3.63, 3.8) is 0 Å². The van der Waals surface area contributed by atoms with Crippen LogP contribution in [0.5, 0.6) is 5.75 Å². The Bertz CT molecular complexity index is 823. The van der Waals surface area contributed by atoms with Gasteiger partial charge in [0.1, 0.15) is 5.75 Å². The fourth-order valence-corrected chi connectivity index (χ4v) is 2.71. The lowest BCUT2D eigenvalue weighted by Gasteiger charge is -2.23. The molecule has 1 unspecified atom stereocenters. The molecule has 0 aromatic heterocycles. The summed E-state index contributed by atoms with van der Waals surface area (Å²) in [7, 11) is 3.31. The van der Waals surface area contributed by atoms with Crippen LogP contribution in [0.3, 0.4) is 0 Å². The Hall–Kier alpha value is -3.33. The van der Waals surface area contributed by atoms with Gasteiger partial charge in [-0.15, -0.1) is 0 Å². The van der Waals surface area contributed by atoms with Crippen LogP contribution in [0, 0.1) is 11.3 Å². The predicted octanol–water partition coefficient (Wildman–Crippen LogP) is 2.79. The van der Waals surface area contributed by atoms with Crippen LogP contribution in [0.1, 0.15) is 36.1 Å². The van der Waals surface area contributed by atoms with Gasteiger partial charge in [-0.05, 0) is 35.4 Å². The van der Waals surface area contributed by atoms with Crippen molar-refractivity contribution >= 4 is 11.8 Å². The molecule has 2 amide bonds. The Morgan fingerprint density at radius 2 is 1.78 bits per heavy atom. The molecular formula is C21H23N3O3. The summed E-state index contributed by atoms with van der Waals surface area (Å²) in [6.45, 7) is 1.86. The van der Waals surface area contributed by atoms with Gasteiger partial charge in [0.15, 0.2) is 0 Å². The molecule has 6 heteroatoms. The number of methoxy groups -OCH3 is 1. The SMILES string of the molecule is COc1ccc(C(CC(=O)N(C)Cc2ccc(C#N)cc2)NC(C)=O)cc1. The number of ether oxygens (including phenoxy) is 1. The van der Waals surface area contributed by atoms with Gasteiger partial charge in [0, 0.05) is 20.5 Å². The van der Waals surface area contributed by atoms with E-state index in [4.69, 9.17) is 10.00 Å². The minimum absolute atomic E-state index is 0.0890. The van der Waals surface area contributed by atoms with Crippen molar-refractivity contribution in [2.24, 2.45) is 0 Å². The molecular weight excluding hydrogens is 342 g/mol. The van der Waals surface area contributed by atoms with Crippen molar-refractivity contribution in [2.45, 2.75) is 25.9 Å². The molecule has 140 valence electrons. The maximum absolute atomic E-state index is 12.7. The second-order valence-corrected chi connectivity index (χ2v) is 6.29. The van der Waals surface area contributed by atoms with Crippen molar-refractivity contribution in [3.05, 3.63) is 65.2 Å². The summed E-state index contributed by atoms with van der Waals surface area (Å²) in [5.74, 6) is 0.428. The molecule has 2 rings (SSSR count). The zero-order valence-corrected chi connectivity index (χ0v) is 15.7. The zero-order chi connectivity index (χ0) is 19.8. The Balaban J connectivity index is 2.06. The highest BCUT2D eigenvalue weighted by Crippen LogP contribution is 2.21. The van der Waals surface area contributed by atoms with Crippen LogP contribution in [0.25, 0.3) is 0 Å². The van der Waals surface area contributed by atoms with Gasteiger partial charge in [0.25, 0.3) is 0 Å². The number of nitrogens with zero attached hydrogens (tertiary/aromatic N) is 2. The van der Waals surface area contributed by atoms with Crippen LogP contribution in [-0.2, 0) is 16.1 Å². The van der Waals surface area contributed by atoms with Crippen LogP contribution in [0.2, 0.25) is 0 Å². The molecule has 0 bridgehead atoms. The molecule has 1 N–H and O–H groups in total. The first-order chi connectivity index (χ1) is 12.9. The molecule has 0 saturated heterocycles. The van der Waals surface area contributed by atoms with Crippen LogP contribution >= 0.6 is 0 Å². The molecule has 0 spiro atoms. The van der Waals surface area contributed by atoms with E-state index in [0.717, 1.165) is 11.1 Å². The number of carbonyl (C=O) groups excluding carboxylic acids is 2. The Morgan fingerprint density at radius 1 is 1.15 bits per heavy atom. The lowest BCUT2D eigenvalue weighted by atomic mass is 10.0. The average molecular weight is 365 g/mol. The third kappa shape index (κ3) is 5.86. The smallest absolute Gasteiger partial charge is 0.225 e. The quantitative estimate of drug-likeness (QED) is 0.818. The number of hydrogen-bond donors (Lipinski definition) is 1. The summed E-state index contributed by atoms with van der Waals surface area (Å²) in [5, 5.41) is 11.7. The summed E-state index contributed by atoms with van der Waals surface area (Å²) in [5.41, 5.74) is 2.36. The third-order valence-electron chi connectivity index (χ3n) is 4.20. The van der Waals surface area contributed by atoms with Gasteiger partial charge >= 0.3 is 0 Å². The molecule has 0 aliphatic rings. The molecule has 0 heterocycles. The van der Waals surface area contributed by atoms with E-state index in [1.165, 1.54) is 6.92 Å². The van der Waals surface area contributed by atoms with Crippen molar-refractivity contribution < 1.29 is 14.3 Å². The Labute approximate surface area is 159 Å². The van der Waals surface area contributed by atoms with E-state index in [0.29, 0.717) is 17.9 Å². The monoisotopic (exact) mass is 365 g/mol. The molecule has 0 saturated carbocycles. The summed E-state index contributed by atoms with van der Waals surface area (Å²) in [6.07, 6.45) is 0.151. The molecule has 0 fully saturated rings. The van der Waals surface area contributed by atoms with Crippen LogP contribution in [-0.4, -0.2) is 30.9 Å². The topological polar surface area (TPSA) is 82.4 Å². The van der Waals surface area contributed by atoms with Gasteiger partial charge in [-0.25, -0.2) is 0 Å². The summed E-state index contributed by atoms with van der Waals surface area (Å²) in [6, 6.07) is 16.1. The predicted molar refractivity (Wildman–Crippen MR) is 102 cm³/mol. The van der Waals surface area contributed by atoms with Crippen LogP contribution < -0.4 is 10.1 Å². The number of nitrogens with one attached hydrogen (secondary N) is 1. The van der Waals surface area contributed by atoms with Gasteiger partial charge < -0.3 is 15.0 Å². The highest BCUT2D eigenvalue weighted by Gasteiger charge is 2.20. The second-order valence-electron chi connectivity index (χ2n) is 6.29. The van der Waals surface area contributed by atoms with Gasteiger partial charge in [0.05, 0.1) is 31.2 Å². The first-order valence-electron chi connectivity index (χ1n) is 8.57. The molecule has 0 aliphatic carbocycles. The minimum atomic E-state index is -0.413. The molecule has 0 radical (unpaired) electrons. The van der Waals surface area contributed by atoms with Crippen LogP contribution in [0.15, 0.2) is 48.5 Å². The second kappa shape index (κ2) is 9.39. The van der Waals surface area contributed by atoms with E-state index in [9.17, 15) is 9.59 Å². The fourth-order valence-electron chi connectivity index (χ4n) is 2.71. The highest BCUT2D eigenvalue weighted by molar-refractivity contribution is 5.79. The molecule has 2 aromatic rings. The number of benzene rings is 2. The van der Waals surface area contributed by atoms with E-state index in [2.05, 4.69) is 11.4 Å². The van der Waals surface area contributed by atoms with Gasteiger partial charge in [-0.1, -0.05) is 24.3 Å². The lowest BCUT2D eigenvalue weighted by Crippen LogP contribution is -2.33. The lowest BCUT2D eigenvalue weighted by molar-refractivity contribution is -0.131. The fraction of sp³-hybridized carbons (Fsp3) is 0.286. The molecule has 27 heavy (non-hydrogen) atoms. The molecule has 6 nitrogen and oxygen atoms in total. The Kier molecular flexibility index (Phi) is 6.95. The van der Waals surface area contributed by atoms with Gasteiger partial charge in [-0.2, -0.15) is 5.26 Å². The van der Waals surface area contributed by atoms with E-state index in [-0.39, 0.29) is 18.2 Å². The normalized spacial score (nSPS) is 11.2. The van der Waals surface area contributed by atoms with Crippen molar-refractivity contribution in [2.75, 3.05) is 14.2 Å². The first kappa shape index (κ1) is 20.0. The summed E-state index contributed by atoms with van der Waals surface area (Å²) < 4.78 is 5.15. The van der Waals surface area contributed by atoms with Gasteiger partial charge in [-0.3, -0.25) is 9.59 Å². The Morgan fingerprint density at radius 3 is 2.30 bits per heavy atom. The van der Waals surface area contributed by atoms with Crippen molar-refractivity contribution in [1.29, 1.82) is 5.26 Å². The molecule has 2 aromatic carbocycles. The standard InChI is InChI=1S/C21H23N3O3/c1-15(25)23-20(18-8-10-19(27-3)11-9-18)12-21(26)24(2)14-17-6-4-16(13-22)5-7-17/h4-11,20H,12,14H2,1-3H3,(H,23,25). The third-order valence-corrected chi connectivity index (χ3v) is 4.20. The maximum Gasteiger partial charge on any atom is 0.225 e. The zero-order valence-electron chi connectivity index (χ0n) is 15.7. The largest absolute Gasteiger partial charge is 0.497 e. The number of carbonyl (C=O) groups is 2. The number of amides is 2. The van der Waals surface area contributed by atoms with Crippen molar-refractivity contribution in [1.82, 2.24) is 10.2 Å². The number of rotatable bonds is 7. The summed E-state index contributed by atoms with van der Waals surface area (Å²) in [4.78, 5) is 25.8. The average Bonchev–Trinajstić information content (AvgIpc) is 2.67. The maximum atomic E-state index is 12.7. The number of hydrogen-bond acceptors (Lipinski definition) is 4. The highest BCUT2D eigenvalue weighted by atomic mass is 16.5. The van der Waals surface area contributed by atoms with E-state index in [1.807, 2.05) is 24.3 Å². The van der Waals surface area contributed by atoms with E-state index in [1.54, 1.807) is 43.3 Å². The summed E-state index contributed by atoms with van der Waals surface area (Å²) >= 11 is 0. The van der Waals surface area contributed by atoms with Gasteiger partial charge in [0.2, 0.25) is 11.8 Å². The van der Waals surface area contributed by atoms with E-state index >= 15 is 0 Å². The van der Waals surface area contributed by atoms with Crippen LogP contribution in [0.4, 0.5) is 0 Å². The van der Waals surface area contributed by atoms with E-state index < -0.39 is 6.04 Å². The molecule has 0 aliphatic heterocycles. The molecule has 1 atom stereocenters. The number of nitriles is 1.